The van der Waals surface area contributed by atoms with Gasteiger partial charge in [0, 0.05) is 5.56 Å². The van der Waals surface area contributed by atoms with Gasteiger partial charge in [0.15, 0.2) is 12.4 Å². The van der Waals surface area contributed by atoms with Crippen LogP contribution in [0.15, 0.2) is 60.7 Å². The van der Waals surface area contributed by atoms with Gasteiger partial charge in [0.1, 0.15) is 0 Å². The molecule has 4 rings (SSSR count). The molecule has 0 heterocycles. The van der Waals surface area contributed by atoms with E-state index in [2.05, 4.69) is 12.1 Å². The first-order valence-electron chi connectivity index (χ1n) is 9.02. The molecular formula is C24H20O3. The van der Waals surface area contributed by atoms with Crippen LogP contribution in [0.1, 0.15) is 43.0 Å². The van der Waals surface area contributed by atoms with Crippen LogP contribution in [0.2, 0.25) is 0 Å². The van der Waals surface area contributed by atoms with Crippen LogP contribution in [0.4, 0.5) is 0 Å². The summed E-state index contributed by atoms with van der Waals surface area (Å²) in [5, 5.41) is 0. The molecule has 3 heteroatoms. The van der Waals surface area contributed by atoms with Crippen molar-refractivity contribution < 1.29 is 14.3 Å². The van der Waals surface area contributed by atoms with Crippen molar-refractivity contribution in [2.75, 3.05) is 6.61 Å². The van der Waals surface area contributed by atoms with Crippen LogP contribution in [0, 0.1) is 13.8 Å². The van der Waals surface area contributed by atoms with Crippen molar-refractivity contribution in [3.05, 3.63) is 94.0 Å². The van der Waals surface area contributed by atoms with Crippen molar-refractivity contribution in [2.24, 2.45) is 0 Å². The first-order valence-corrected chi connectivity index (χ1v) is 9.02. The molecule has 0 saturated heterocycles. The molecule has 0 amide bonds. The Morgan fingerprint density at radius 2 is 1.56 bits per heavy atom. The lowest BCUT2D eigenvalue weighted by atomic mass is 10.0. The van der Waals surface area contributed by atoms with Crippen LogP contribution in [0.3, 0.4) is 0 Å². The van der Waals surface area contributed by atoms with Gasteiger partial charge in [0.2, 0.25) is 0 Å². The molecule has 0 aromatic heterocycles. The second-order valence-electron chi connectivity index (χ2n) is 7.00. The Balaban J connectivity index is 1.48. The molecule has 0 spiro atoms. The van der Waals surface area contributed by atoms with Crippen LogP contribution in [-0.4, -0.2) is 18.4 Å². The second kappa shape index (κ2) is 6.84. The summed E-state index contributed by atoms with van der Waals surface area (Å²) >= 11 is 0. The third-order valence-corrected chi connectivity index (χ3v) is 5.20. The maximum atomic E-state index is 12.5. The molecule has 0 N–H and O–H groups in total. The van der Waals surface area contributed by atoms with Crippen LogP contribution in [0.25, 0.3) is 11.1 Å². The van der Waals surface area contributed by atoms with Crippen molar-refractivity contribution in [2.45, 2.75) is 20.3 Å². The molecule has 0 atom stereocenters. The molecule has 27 heavy (non-hydrogen) atoms. The Morgan fingerprint density at radius 3 is 2.37 bits per heavy atom. The van der Waals surface area contributed by atoms with Crippen molar-refractivity contribution in [3.8, 4) is 11.1 Å². The van der Waals surface area contributed by atoms with Crippen LogP contribution in [0.5, 0.6) is 0 Å². The number of hydrogen-bond acceptors (Lipinski definition) is 3. The number of benzene rings is 3. The molecule has 134 valence electrons. The van der Waals surface area contributed by atoms with Gasteiger partial charge in [0.05, 0.1) is 5.56 Å². The predicted octanol–water partition coefficient (Wildman–Crippen LogP) is 4.91. The zero-order valence-corrected chi connectivity index (χ0v) is 15.4. The van der Waals surface area contributed by atoms with Crippen molar-refractivity contribution in [1.82, 2.24) is 0 Å². The monoisotopic (exact) mass is 356 g/mol. The van der Waals surface area contributed by atoms with Crippen LogP contribution < -0.4 is 0 Å². The van der Waals surface area contributed by atoms with Gasteiger partial charge in [0.25, 0.3) is 0 Å². The Bertz CT molecular complexity index is 1060. The van der Waals surface area contributed by atoms with Crippen molar-refractivity contribution in [3.63, 3.8) is 0 Å². The number of fused-ring (bicyclic) bond motifs is 3. The topological polar surface area (TPSA) is 43.4 Å². The van der Waals surface area contributed by atoms with Crippen LogP contribution >= 0.6 is 0 Å². The van der Waals surface area contributed by atoms with E-state index in [0.717, 1.165) is 23.1 Å². The van der Waals surface area contributed by atoms with Gasteiger partial charge in [-0.3, -0.25) is 4.79 Å². The average Bonchev–Trinajstić information content (AvgIpc) is 3.05. The molecule has 0 fully saturated rings. The van der Waals surface area contributed by atoms with E-state index in [1.165, 1.54) is 16.7 Å². The largest absolute Gasteiger partial charge is 0.454 e. The molecule has 0 aliphatic heterocycles. The summed E-state index contributed by atoms with van der Waals surface area (Å²) in [5.41, 5.74) is 7.94. The van der Waals surface area contributed by atoms with E-state index in [9.17, 15) is 9.59 Å². The van der Waals surface area contributed by atoms with Crippen molar-refractivity contribution in [1.29, 1.82) is 0 Å². The lowest BCUT2D eigenvalue weighted by molar-refractivity contribution is 0.0474. The smallest absolute Gasteiger partial charge is 0.338 e. The van der Waals surface area contributed by atoms with E-state index in [0.29, 0.717) is 11.1 Å². The number of carbonyl (C=O) groups is 2. The SMILES string of the molecule is Cc1ccc(C(=O)OCC(=O)c2ccc3c(c2)-c2ccccc2C3)cc1C. The lowest BCUT2D eigenvalue weighted by Gasteiger charge is -2.08. The number of rotatable bonds is 4. The molecule has 3 aromatic carbocycles. The van der Waals surface area contributed by atoms with Gasteiger partial charge in [-0.1, -0.05) is 42.5 Å². The minimum Gasteiger partial charge on any atom is -0.454 e. The molecule has 3 nitrogen and oxygen atoms in total. The number of esters is 1. The molecule has 1 aliphatic carbocycles. The van der Waals surface area contributed by atoms with Gasteiger partial charge in [-0.25, -0.2) is 4.79 Å². The average molecular weight is 356 g/mol. The van der Waals surface area contributed by atoms with E-state index < -0.39 is 5.97 Å². The van der Waals surface area contributed by atoms with Gasteiger partial charge < -0.3 is 4.74 Å². The number of carbonyl (C=O) groups excluding carboxylic acids is 2. The fraction of sp³-hybridized carbons (Fsp3) is 0.167. The van der Waals surface area contributed by atoms with Gasteiger partial charge in [-0.15, -0.1) is 0 Å². The molecule has 0 bridgehead atoms. The van der Waals surface area contributed by atoms with Crippen molar-refractivity contribution >= 4 is 11.8 Å². The van der Waals surface area contributed by atoms with E-state index >= 15 is 0 Å². The lowest BCUT2D eigenvalue weighted by Crippen LogP contribution is -2.14. The quantitative estimate of drug-likeness (QED) is 0.385. The Hall–Kier alpha value is -3.20. The van der Waals surface area contributed by atoms with E-state index in [-0.39, 0.29) is 12.4 Å². The van der Waals surface area contributed by atoms with E-state index in [4.69, 9.17) is 4.74 Å². The Morgan fingerprint density at radius 1 is 0.815 bits per heavy atom. The summed E-state index contributed by atoms with van der Waals surface area (Å²) < 4.78 is 5.24. The molecule has 0 unspecified atom stereocenters. The summed E-state index contributed by atoms with van der Waals surface area (Å²) in [5.74, 6) is -0.669. The molecular weight excluding hydrogens is 336 g/mol. The highest BCUT2D eigenvalue weighted by Gasteiger charge is 2.20. The first kappa shape index (κ1) is 17.2. The summed E-state index contributed by atoms with van der Waals surface area (Å²) in [7, 11) is 0. The van der Waals surface area contributed by atoms with E-state index in [1.54, 1.807) is 12.1 Å². The minimum absolute atomic E-state index is 0.195. The highest BCUT2D eigenvalue weighted by Crippen LogP contribution is 2.36. The first-order chi connectivity index (χ1) is 13.0. The number of ketones is 1. The normalized spacial score (nSPS) is 11.6. The van der Waals surface area contributed by atoms with E-state index in [1.807, 2.05) is 50.2 Å². The zero-order valence-electron chi connectivity index (χ0n) is 15.4. The highest BCUT2D eigenvalue weighted by atomic mass is 16.5. The molecule has 0 radical (unpaired) electrons. The predicted molar refractivity (Wildman–Crippen MR) is 105 cm³/mol. The number of ether oxygens (including phenoxy) is 1. The Kier molecular flexibility index (Phi) is 4.36. The number of Topliss-reactive ketones (excluding diaryl/α,β-unsaturated/α-hetero) is 1. The van der Waals surface area contributed by atoms with Crippen LogP contribution in [-0.2, 0) is 11.2 Å². The fourth-order valence-corrected chi connectivity index (χ4v) is 3.46. The zero-order chi connectivity index (χ0) is 19.0. The second-order valence-corrected chi connectivity index (χ2v) is 7.00. The molecule has 1 aliphatic rings. The summed E-state index contributed by atoms with van der Waals surface area (Å²) in [6.45, 7) is 3.67. The summed E-state index contributed by atoms with van der Waals surface area (Å²) in [6, 6.07) is 19.3. The van der Waals surface area contributed by atoms with Gasteiger partial charge in [-0.2, -0.15) is 0 Å². The molecule has 3 aromatic rings. The minimum atomic E-state index is -0.474. The third kappa shape index (κ3) is 3.28. The van der Waals surface area contributed by atoms with Gasteiger partial charge in [-0.05, 0) is 71.8 Å². The maximum Gasteiger partial charge on any atom is 0.338 e. The summed E-state index contributed by atoms with van der Waals surface area (Å²) in [4.78, 5) is 24.8. The number of hydrogen-bond donors (Lipinski definition) is 0. The Labute approximate surface area is 158 Å². The number of aryl methyl sites for hydroxylation is 2. The summed E-state index contributed by atoms with van der Waals surface area (Å²) in [6.07, 6.45) is 0.891. The molecule has 0 saturated carbocycles. The maximum absolute atomic E-state index is 12.5. The third-order valence-electron chi connectivity index (χ3n) is 5.20. The van der Waals surface area contributed by atoms with Gasteiger partial charge >= 0.3 is 5.97 Å². The highest BCUT2D eigenvalue weighted by molar-refractivity contribution is 6.00. The fourth-order valence-electron chi connectivity index (χ4n) is 3.46. The standard InChI is InChI=1S/C24H20O3/c1-15-7-8-20(11-16(15)2)24(26)27-14-23(25)19-10-9-18-12-17-5-3-4-6-21(17)22(18)13-19/h3-11,13H,12,14H2,1-2H3.